The second-order valence-corrected chi connectivity index (χ2v) is 8.48. The lowest BCUT2D eigenvalue weighted by Crippen LogP contribution is -2.13. The molecule has 0 radical (unpaired) electrons. The van der Waals surface area contributed by atoms with Gasteiger partial charge in [-0.05, 0) is 40.2 Å². The average Bonchev–Trinajstić information content (AvgIpc) is 2.72. The molecule has 1 heterocycles. The van der Waals surface area contributed by atoms with Gasteiger partial charge in [-0.1, -0.05) is 11.6 Å². The van der Waals surface area contributed by atoms with Gasteiger partial charge in [-0.15, -0.1) is 11.3 Å². The Labute approximate surface area is 136 Å². The van der Waals surface area contributed by atoms with Crippen molar-refractivity contribution in [3.8, 4) is 0 Å². The van der Waals surface area contributed by atoms with E-state index in [1.165, 1.54) is 6.07 Å². The van der Waals surface area contributed by atoms with Crippen molar-refractivity contribution < 1.29 is 22.7 Å². The van der Waals surface area contributed by atoms with Crippen molar-refractivity contribution in [2.75, 3.05) is 4.72 Å². The first-order valence-electron chi connectivity index (χ1n) is 5.21. The van der Waals surface area contributed by atoms with Crippen LogP contribution in [0.25, 0.3) is 0 Å². The van der Waals surface area contributed by atoms with Gasteiger partial charge in [0.1, 0.15) is 10.0 Å². The molecular weight excluding hydrogens is 409 g/mol. The zero-order valence-corrected chi connectivity index (χ0v) is 13.9. The molecule has 0 aliphatic carbocycles. The third kappa shape index (κ3) is 3.54. The first-order valence-corrected chi connectivity index (χ1v) is 8.68. The topological polar surface area (TPSA) is 83.5 Å². The standard InChI is InChI=1S/C11H6BrClFNO4S2/c12-10-6(13)4-9(20-10)21(18,19)15-8-2-1-5(11(16)17)3-7(8)14/h1-4,15H,(H,16,17). The normalized spacial score (nSPS) is 11.4. The summed E-state index contributed by atoms with van der Waals surface area (Å²) in [4.78, 5) is 10.7. The fourth-order valence-electron chi connectivity index (χ4n) is 1.39. The maximum absolute atomic E-state index is 13.7. The highest BCUT2D eigenvalue weighted by Gasteiger charge is 2.21. The molecule has 0 aliphatic heterocycles. The largest absolute Gasteiger partial charge is 0.478 e. The number of aromatic carboxylic acids is 1. The van der Waals surface area contributed by atoms with E-state index in [4.69, 9.17) is 16.7 Å². The Bertz CT molecular complexity index is 802. The van der Waals surface area contributed by atoms with Crippen molar-refractivity contribution in [3.63, 3.8) is 0 Å². The van der Waals surface area contributed by atoms with Crippen molar-refractivity contribution in [1.29, 1.82) is 0 Å². The Morgan fingerprint density at radius 3 is 2.52 bits per heavy atom. The highest BCUT2D eigenvalue weighted by molar-refractivity contribution is 9.11. The summed E-state index contributed by atoms with van der Waals surface area (Å²) < 4.78 is 40.3. The van der Waals surface area contributed by atoms with Crippen molar-refractivity contribution in [2.24, 2.45) is 0 Å². The quantitative estimate of drug-likeness (QED) is 0.797. The highest BCUT2D eigenvalue weighted by Crippen LogP contribution is 2.35. The Hall–Kier alpha value is -1.16. The lowest BCUT2D eigenvalue weighted by Gasteiger charge is -2.07. The molecule has 0 aliphatic rings. The minimum Gasteiger partial charge on any atom is -0.478 e. The molecule has 5 nitrogen and oxygen atoms in total. The van der Waals surface area contributed by atoms with Gasteiger partial charge in [0.25, 0.3) is 10.0 Å². The molecule has 0 amide bonds. The Kier molecular flexibility index (Phi) is 4.57. The average molecular weight is 415 g/mol. The fourth-order valence-corrected chi connectivity index (χ4v) is 4.85. The maximum atomic E-state index is 13.7. The van der Waals surface area contributed by atoms with Gasteiger partial charge in [0, 0.05) is 0 Å². The van der Waals surface area contributed by atoms with Crippen LogP contribution in [-0.4, -0.2) is 19.5 Å². The van der Waals surface area contributed by atoms with E-state index in [0.29, 0.717) is 3.79 Å². The first-order chi connectivity index (χ1) is 9.70. The van der Waals surface area contributed by atoms with Crippen LogP contribution in [0.15, 0.2) is 32.3 Å². The van der Waals surface area contributed by atoms with E-state index in [1.54, 1.807) is 0 Å². The number of hydrogen-bond acceptors (Lipinski definition) is 4. The SMILES string of the molecule is O=C(O)c1ccc(NS(=O)(=O)c2cc(Cl)c(Br)s2)c(F)c1. The van der Waals surface area contributed by atoms with Gasteiger partial charge < -0.3 is 5.11 Å². The maximum Gasteiger partial charge on any atom is 0.335 e. The van der Waals surface area contributed by atoms with E-state index < -0.39 is 21.8 Å². The summed E-state index contributed by atoms with van der Waals surface area (Å²) in [5.74, 6) is -2.29. The molecule has 0 saturated heterocycles. The van der Waals surface area contributed by atoms with E-state index in [1.807, 2.05) is 4.72 Å². The summed E-state index contributed by atoms with van der Waals surface area (Å²) in [5.41, 5.74) is -0.627. The second-order valence-electron chi connectivity index (χ2n) is 3.79. The molecule has 112 valence electrons. The number of benzene rings is 1. The van der Waals surface area contributed by atoms with Gasteiger partial charge in [0.05, 0.1) is 20.1 Å². The number of sulfonamides is 1. The van der Waals surface area contributed by atoms with Gasteiger partial charge in [0.15, 0.2) is 0 Å². The van der Waals surface area contributed by atoms with Crippen LogP contribution in [0.3, 0.4) is 0 Å². The molecule has 0 spiro atoms. The Balaban J connectivity index is 2.35. The predicted molar refractivity (Wildman–Crippen MR) is 81.2 cm³/mol. The molecular formula is C11H6BrClFNO4S2. The molecule has 1 aromatic carbocycles. The van der Waals surface area contributed by atoms with Gasteiger partial charge in [-0.2, -0.15) is 0 Å². The lowest BCUT2D eigenvalue weighted by molar-refractivity contribution is 0.0696. The van der Waals surface area contributed by atoms with Crippen molar-refractivity contribution in [2.45, 2.75) is 4.21 Å². The number of anilines is 1. The third-order valence-corrected chi connectivity index (χ3v) is 6.66. The predicted octanol–water partition coefficient (Wildman–Crippen LogP) is 3.80. The fraction of sp³-hybridized carbons (Fsp3) is 0. The van der Waals surface area contributed by atoms with Crippen LogP contribution in [0.1, 0.15) is 10.4 Å². The van der Waals surface area contributed by atoms with Crippen LogP contribution in [0, 0.1) is 5.82 Å². The minimum atomic E-state index is -4.00. The number of carboxylic acid groups (broad SMARTS) is 1. The number of carboxylic acids is 1. The number of halogens is 3. The third-order valence-electron chi connectivity index (χ3n) is 2.35. The molecule has 0 bridgehead atoms. The van der Waals surface area contributed by atoms with Crippen LogP contribution in [0.2, 0.25) is 5.02 Å². The molecule has 0 saturated carbocycles. The second kappa shape index (κ2) is 5.91. The zero-order valence-electron chi connectivity index (χ0n) is 9.93. The van der Waals surface area contributed by atoms with E-state index in [-0.39, 0.29) is 20.5 Å². The smallest absolute Gasteiger partial charge is 0.335 e. The molecule has 2 aromatic rings. The number of thiophene rings is 1. The van der Waals surface area contributed by atoms with Crippen LogP contribution in [-0.2, 0) is 10.0 Å². The van der Waals surface area contributed by atoms with E-state index in [0.717, 1.165) is 29.5 Å². The van der Waals surface area contributed by atoms with Gasteiger partial charge in [0.2, 0.25) is 0 Å². The molecule has 0 atom stereocenters. The summed E-state index contributed by atoms with van der Waals surface area (Å²) in [6.07, 6.45) is 0. The summed E-state index contributed by atoms with van der Waals surface area (Å²) in [7, 11) is -4.00. The summed E-state index contributed by atoms with van der Waals surface area (Å²) in [6, 6.07) is 4.10. The summed E-state index contributed by atoms with van der Waals surface area (Å²) >= 11 is 9.72. The Morgan fingerprint density at radius 2 is 2.05 bits per heavy atom. The zero-order chi connectivity index (χ0) is 15.8. The van der Waals surface area contributed by atoms with Crippen molar-refractivity contribution in [1.82, 2.24) is 0 Å². The molecule has 2 N–H and O–H groups in total. The molecule has 2 rings (SSSR count). The molecule has 0 fully saturated rings. The van der Waals surface area contributed by atoms with E-state index >= 15 is 0 Å². The minimum absolute atomic E-state index is 0.0962. The van der Waals surface area contributed by atoms with E-state index in [2.05, 4.69) is 15.9 Å². The lowest BCUT2D eigenvalue weighted by atomic mass is 10.2. The first kappa shape index (κ1) is 16.2. The van der Waals surface area contributed by atoms with Crippen LogP contribution in [0.5, 0.6) is 0 Å². The Morgan fingerprint density at radius 1 is 1.38 bits per heavy atom. The van der Waals surface area contributed by atoms with E-state index in [9.17, 15) is 17.6 Å². The van der Waals surface area contributed by atoms with Crippen LogP contribution in [0.4, 0.5) is 10.1 Å². The molecule has 1 aromatic heterocycles. The number of hydrogen-bond donors (Lipinski definition) is 2. The molecule has 10 heteroatoms. The number of carbonyl (C=O) groups is 1. The highest BCUT2D eigenvalue weighted by atomic mass is 79.9. The van der Waals surface area contributed by atoms with Gasteiger partial charge >= 0.3 is 5.97 Å². The van der Waals surface area contributed by atoms with Gasteiger partial charge in [-0.3, -0.25) is 4.72 Å². The molecule has 0 unspecified atom stereocenters. The summed E-state index contributed by atoms with van der Waals surface area (Å²) in [5, 5.41) is 8.94. The molecule has 21 heavy (non-hydrogen) atoms. The van der Waals surface area contributed by atoms with Crippen molar-refractivity contribution >= 4 is 60.5 Å². The van der Waals surface area contributed by atoms with Gasteiger partial charge in [-0.25, -0.2) is 17.6 Å². The monoisotopic (exact) mass is 413 g/mol. The number of rotatable bonds is 4. The van der Waals surface area contributed by atoms with Crippen LogP contribution >= 0.6 is 38.9 Å². The van der Waals surface area contributed by atoms with Crippen molar-refractivity contribution in [3.05, 3.63) is 44.5 Å². The number of nitrogens with one attached hydrogen (secondary N) is 1. The summed E-state index contributed by atoms with van der Waals surface area (Å²) in [6.45, 7) is 0. The van der Waals surface area contributed by atoms with Crippen LogP contribution < -0.4 is 4.72 Å².